The molecule has 1 aliphatic rings. The van der Waals surface area contributed by atoms with E-state index in [4.69, 9.17) is 0 Å². The quantitative estimate of drug-likeness (QED) is 0.832. The van der Waals surface area contributed by atoms with Crippen molar-refractivity contribution < 1.29 is 21.6 Å². The Balaban J connectivity index is 1.72. The van der Waals surface area contributed by atoms with E-state index in [-0.39, 0.29) is 18.0 Å². The van der Waals surface area contributed by atoms with Crippen LogP contribution in [0.4, 0.5) is 18.9 Å². The highest BCUT2D eigenvalue weighted by atomic mass is 32.2. The molecule has 0 saturated carbocycles. The van der Waals surface area contributed by atoms with E-state index in [2.05, 4.69) is 4.98 Å². The fraction of sp³-hybridized carbons (Fsp3) is 0.312. The Morgan fingerprint density at radius 3 is 2.32 bits per heavy atom. The third-order valence-corrected chi connectivity index (χ3v) is 5.93. The van der Waals surface area contributed by atoms with Crippen LogP contribution in [0.5, 0.6) is 0 Å². The summed E-state index contributed by atoms with van der Waals surface area (Å²) in [5, 5.41) is 0. The lowest BCUT2D eigenvalue weighted by Gasteiger charge is -2.35. The number of alkyl halides is 3. The number of sulfonamides is 1. The molecule has 2 aromatic rings. The van der Waals surface area contributed by atoms with Crippen LogP contribution in [0.25, 0.3) is 0 Å². The van der Waals surface area contributed by atoms with E-state index in [1.165, 1.54) is 28.8 Å². The van der Waals surface area contributed by atoms with Gasteiger partial charge in [0.1, 0.15) is 4.90 Å². The molecule has 1 aromatic heterocycles. The SMILES string of the molecule is O=S(=O)(c1cccnc1)N1CCN(c2cccc(C(F)(F)F)c2)CC1. The lowest BCUT2D eigenvalue weighted by molar-refractivity contribution is -0.137. The van der Waals surface area contributed by atoms with Crippen molar-refractivity contribution in [1.29, 1.82) is 0 Å². The predicted octanol–water partition coefficient (Wildman–Crippen LogP) is 2.61. The smallest absolute Gasteiger partial charge is 0.369 e. The van der Waals surface area contributed by atoms with Crippen LogP contribution < -0.4 is 4.90 Å². The van der Waals surface area contributed by atoms with Crippen LogP contribution in [0.1, 0.15) is 5.56 Å². The molecule has 0 atom stereocenters. The molecule has 0 bridgehead atoms. The monoisotopic (exact) mass is 371 g/mol. The molecule has 0 N–H and O–H groups in total. The minimum Gasteiger partial charge on any atom is -0.369 e. The summed E-state index contributed by atoms with van der Waals surface area (Å²) in [6.07, 6.45) is -1.62. The summed E-state index contributed by atoms with van der Waals surface area (Å²) in [4.78, 5) is 5.69. The average molecular weight is 371 g/mol. The summed E-state index contributed by atoms with van der Waals surface area (Å²) in [6, 6.07) is 8.09. The third kappa shape index (κ3) is 3.77. The highest BCUT2D eigenvalue weighted by Gasteiger charge is 2.32. The molecule has 0 amide bonds. The maximum Gasteiger partial charge on any atom is 0.416 e. The summed E-state index contributed by atoms with van der Waals surface area (Å²) in [5.41, 5.74) is -0.274. The number of aromatic nitrogens is 1. The lowest BCUT2D eigenvalue weighted by atomic mass is 10.1. The van der Waals surface area contributed by atoms with E-state index < -0.39 is 21.8 Å². The minimum atomic E-state index is -4.40. The molecule has 3 rings (SSSR count). The van der Waals surface area contributed by atoms with Crippen molar-refractivity contribution >= 4 is 15.7 Å². The number of piperazine rings is 1. The topological polar surface area (TPSA) is 53.5 Å². The van der Waals surface area contributed by atoms with Gasteiger partial charge in [-0.25, -0.2) is 8.42 Å². The van der Waals surface area contributed by atoms with E-state index in [9.17, 15) is 21.6 Å². The number of pyridine rings is 1. The molecular formula is C16H16F3N3O2S. The molecule has 134 valence electrons. The Kier molecular flexibility index (Phi) is 4.70. The minimum absolute atomic E-state index is 0.113. The molecule has 0 aliphatic carbocycles. The van der Waals surface area contributed by atoms with Crippen LogP contribution >= 0.6 is 0 Å². The van der Waals surface area contributed by atoms with Gasteiger partial charge in [0.15, 0.2) is 0 Å². The van der Waals surface area contributed by atoms with E-state index in [0.717, 1.165) is 12.1 Å². The second kappa shape index (κ2) is 6.64. The fourth-order valence-corrected chi connectivity index (χ4v) is 4.10. The zero-order chi connectivity index (χ0) is 18.1. The summed E-state index contributed by atoms with van der Waals surface area (Å²) in [6.45, 7) is 1.04. The van der Waals surface area contributed by atoms with Crippen molar-refractivity contribution in [3.05, 3.63) is 54.4 Å². The van der Waals surface area contributed by atoms with E-state index in [0.29, 0.717) is 18.8 Å². The molecule has 1 aliphatic heterocycles. The molecule has 1 fully saturated rings. The van der Waals surface area contributed by atoms with Gasteiger partial charge in [0.25, 0.3) is 0 Å². The van der Waals surface area contributed by atoms with E-state index >= 15 is 0 Å². The van der Waals surface area contributed by atoms with Crippen LogP contribution in [-0.2, 0) is 16.2 Å². The Labute approximate surface area is 143 Å². The highest BCUT2D eigenvalue weighted by Crippen LogP contribution is 2.32. The second-order valence-corrected chi connectivity index (χ2v) is 7.57. The van der Waals surface area contributed by atoms with Crippen molar-refractivity contribution in [1.82, 2.24) is 9.29 Å². The Hall–Kier alpha value is -2.13. The van der Waals surface area contributed by atoms with Gasteiger partial charge in [0.05, 0.1) is 5.56 Å². The van der Waals surface area contributed by atoms with Gasteiger partial charge in [0, 0.05) is 44.3 Å². The number of benzene rings is 1. The van der Waals surface area contributed by atoms with Gasteiger partial charge in [-0.3, -0.25) is 4.98 Å². The Morgan fingerprint density at radius 1 is 1.00 bits per heavy atom. The number of nitrogens with zero attached hydrogens (tertiary/aromatic N) is 3. The van der Waals surface area contributed by atoms with E-state index in [1.807, 2.05) is 0 Å². The molecule has 0 unspecified atom stereocenters. The van der Waals surface area contributed by atoms with Gasteiger partial charge in [-0.2, -0.15) is 17.5 Å². The summed E-state index contributed by atoms with van der Waals surface area (Å²) < 4.78 is 64.9. The molecule has 9 heteroatoms. The molecule has 1 saturated heterocycles. The summed E-state index contributed by atoms with van der Waals surface area (Å²) in [7, 11) is -3.63. The maximum atomic E-state index is 12.8. The number of hydrogen-bond acceptors (Lipinski definition) is 4. The van der Waals surface area contributed by atoms with Gasteiger partial charge in [-0.05, 0) is 30.3 Å². The largest absolute Gasteiger partial charge is 0.416 e. The van der Waals surface area contributed by atoms with Crippen molar-refractivity contribution in [2.75, 3.05) is 31.1 Å². The third-order valence-electron chi connectivity index (χ3n) is 4.05. The van der Waals surface area contributed by atoms with Gasteiger partial charge in [0.2, 0.25) is 10.0 Å². The first-order valence-corrected chi connectivity index (χ1v) is 9.05. The Morgan fingerprint density at radius 2 is 1.72 bits per heavy atom. The summed E-state index contributed by atoms with van der Waals surface area (Å²) in [5.74, 6) is 0. The normalized spacial score (nSPS) is 16.8. The van der Waals surface area contributed by atoms with Gasteiger partial charge in [-0.15, -0.1) is 0 Å². The zero-order valence-corrected chi connectivity index (χ0v) is 14.0. The van der Waals surface area contributed by atoms with Gasteiger partial charge >= 0.3 is 6.18 Å². The number of rotatable bonds is 3. The predicted molar refractivity (Wildman–Crippen MR) is 86.7 cm³/mol. The van der Waals surface area contributed by atoms with Crippen molar-refractivity contribution in [2.24, 2.45) is 0 Å². The van der Waals surface area contributed by atoms with Crippen LogP contribution in [0.15, 0.2) is 53.7 Å². The Bertz CT molecular complexity index is 833. The van der Waals surface area contributed by atoms with Crippen LogP contribution in [0.3, 0.4) is 0 Å². The van der Waals surface area contributed by atoms with Gasteiger partial charge < -0.3 is 4.90 Å². The van der Waals surface area contributed by atoms with Crippen LogP contribution in [-0.4, -0.2) is 43.9 Å². The fourth-order valence-electron chi connectivity index (χ4n) is 2.71. The molecule has 0 radical (unpaired) electrons. The van der Waals surface area contributed by atoms with E-state index in [1.54, 1.807) is 17.0 Å². The second-order valence-electron chi connectivity index (χ2n) is 5.63. The first kappa shape index (κ1) is 17.7. The van der Waals surface area contributed by atoms with Crippen molar-refractivity contribution in [3.8, 4) is 0 Å². The molecule has 2 heterocycles. The van der Waals surface area contributed by atoms with Crippen LogP contribution in [0.2, 0.25) is 0 Å². The standard InChI is InChI=1S/C16H16F3N3O2S/c17-16(18,19)13-3-1-4-14(11-13)21-7-9-22(10-8-21)25(23,24)15-5-2-6-20-12-15/h1-6,11-12H,7-10H2. The highest BCUT2D eigenvalue weighted by molar-refractivity contribution is 7.89. The number of anilines is 1. The molecule has 25 heavy (non-hydrogen) atoms. The zero-order valence-electron chi connectivity index (χ0n) is 13.1. The first-order valence-electron chi connectivity index (χ1n) is 7.61. The first-order chi connectivity index (χ1) is 11.8. The van der Waals surface area contributed by atoms with Gasteiger partial charge in [-0.1, -0.05) is 6.07 Å². The molecule has 1 aromatic carbocycles. The number of hydrogen-bond donors (Lipinski definition) is 0. The molecular weight excluding hydrogens is 355 g/mol. The average Bonchev–Trinajstić information content (AvgIpc) is 2.62. The maximum absolute atomic E-state index is 12.8. The summed E-state index contributed by atoms with van der Waals surface area (Å²) >= 11 is 0. The molecule has 5 nitrogen and oxygen atoms in total. The number of halogens is 3. The van der Waals surface area contributed by atoms with Crippen molar-refractivity contribution in [2.45, 2.75) is 11.1 Å². The molecule has 0 spiro atoms. The van der Waals surface area contributed by atoms with Crippen molar-refractivity contribution in [3.63, 3.8) is 0 Å². The lowest BCUT2D eigenvalue weighted by Crippen LogP contribution is -2.48. The van der Waals surface area contributed by atoms with Crippen LogP contribution in [0, 0.1) is 0 Å².